The first kappa shape index (κ1) is 20.7. The topological polar surface area (TPSA) is 59.6 Å². The van der Waals surface area contributed by atoms with Crippen LogP contribution in [0.1, 0.15) is 61.9 Å². The highest BCUT2D eigenvalue weighted by molar-refractivity contribution is 5.97. The third kappa shape index (κ3) is 6.96. The highest BCUT2D eigenvalue weighted by Crippen LogP contribution is 2.21. The van der Waals surface area contributed by atoms with Crippen LogP contribution in [-0.2, 0) is 11.2 Å². The summed E-state index contributed by atoms with van der Waals surface area (Å²) in [6, 6.07) is 6.00. The minimum absolute atomic E-state index is 0.0477. The van der Waals surface area contributed by atoms with Crippen molar-refractivity contribution in [2.75, 3.05) is 32.8 Å². The van der Waals surface area contributed by atoms with Crippen LogP contribution in [0.3, 0.4) is 0 Å². The van der Waals surface area contributed by atoms with E-state index in [4.69, 9.17) is 9.47 Å². The predicted octanol–water partition coefficient (Wildman–Crippen LogP) is 3.32. The lowest BCUT2D eigenvalue weighted by Gasteiger charge is -2.23. The number of carbonyl (C=O) groups is 1. The van der Waals surface area contributed by atoms with Gasteiger partial charge in [-0.05, 0) is 50.3 Å². The smallest absolute Gasteiger partial charge is 0.255 e. The molecule has 1 aliphatic rings. The summed E-state index contributed by atoms with van der Waals surface area (Å²) < 4.78 is 11.3. The maximum absolute atomic E-state index is 12.6. The number of hydrogen-bond donors (Lipinski definition) is 2. The predicted molar refractivity (Wildman–Crippen MR) is 105 cm³/mol. The third-order valence-electron chi connectivity index (χ3n) is 4.65. The molecule has 0 aliphatic carbocycles. The Labute approximate surface area is 157 Å². The van der Waals surface area contributed by atoms with Crippen molar-refractivity contribution in [2.24, 2.45) is 0 Å². The maximum atomic E-state index is 12.6. The normalized spacial score (nSPS) is 17.1. The first-order chi connectivity index (χ1) is 12.7. The lowest BCUT2D eigenvalue weighted by molar-refractivity contribution is 0.0225. The van der Waals surface area contributed by atoms with E-state index in [-0.39, 0.29) is 12.0 Å². The number of unbranched alkanes of at least 4 members (excludes halogenated alkanes) is 2. The van der Waals surface area contributed by atoms with E-state index in [2.05, 4.69) is 23.6 Å². The molecule has 1 aromatic carbocycles. The van der Waals surface area contributed by atoms with Gasteiger partial charge < -0.3 is 20.1 Å². The van der Waals surface area contributed by atoms with E-state index >= 15 is 0 Å². The number of ether oxygens (including phenoxy) is 2. The molecule has 1 aromatic rings. The van der Waals surface area contributed by atoms with Gasteiger partial charge in [-0.3, -0.25) is 4.79 Å². The molecular formula is C21H34N2O3. The van der Waals surface area contributed by atoms with Crippen molar-refractivity contribution < 1.29 is 14.3 Å². The van der Waals surface area contributed by atoms with Gasteiger partial charge in [0.2, 0.25) is 0 Å². The third-order valence-corrected chi connectivity index (χ3v) is 4.65. The Morgan fingerprint density at radius 1 is 1.31 bits per heavy atom. The Bertz CT molecular complexity index is 542. The van der Waals surface area contributed by atoms with Crippen molar-refractivity contribution in [3.8, 4) is 5.75 Å². The number of carbonyl (C=O) groups excluding carboxylic acids is 1. The van der Waals surface area contributed by atoms with Crippen LogP contribution >= 0.6 is 0 Å². The lowest BCUT2D eigenvalue weighted by Crippen LogP contribution is -2.38. The number of morpholine rings is 1. The molecule has 0 aromatic heterocycles. The molecule has 1 heterocycles. The van der Waals surface area contributed by atoms with E-state index in [0.717, 1.165) is 45.4 Å². The molecule has 0 radical (unpaired) electrons. The summed E-state index contributed by atoms with van der Waals surface area (Å²) in [5, 5.41) is 6.37. The monoisotopic (exact) mass is 362 g/mol. The van der Waals surface area contributed by atoms with E-state index < -0.39 is 0 Å². The summed E-state index contributed by atoms with van der Waals surface area (Å²) >= 11 is 0. The maximum Gasteiger partial charge on any atom is 0.255 e. The average Bonchev–Trinajstić information content (AvgIpc) is 2.67. The standard InChI is InChI=1S/C21H34N2O3/c1-3-5-6-8-17-10-11-20(25-4-2)19(15-17)21(24)23-12-7-9-18-16-22-13-14-26-18/h10-11,15,18,22H,3-9,12-14,16H2,1-2H3,(H,23,24). The average molecular weight is 363 g/mol. The van der Waals surface area contributed by atoms with Crippen LogP contribution in [0.5, 0.6) is 5.75 Å². The van der Waals surface area contributed by atoms with Gasteiger partial charge in [0, 0.05) is 19.6 Å². The van der Waals surface area contributed by atoms with Gasteiger partial charge in [-0.2, -0.15) is 0 Å². The van der Waals surface area contributed by atoms with Gasteiger partial charge >= 0.3 is 0 Å². The zero-order valence-corrected chi connectivity index (χ0v) is 16.3. The molecule has 0 spiro atoms. The van der Waals surface area contributed by atoms with Gasteiger partial charge in [-0.1, -0.05) is 25.8 Å². The summed E-state index contributed by atoms with van der Waals surface area (Å²) in [7, 11) is 0. The molecule has 1 amide bonds. The highest BCUT2D eigenvalue weighted by Gasteiger charge is 2.15. The second-order valence-electron chi connectivity index (χ2n) is 6.82. The van der Waals surface area contributed by atoms with Gasteiger partial charge in [0.15, 0.2) is 0 Å². The molecule has 1 aliphatic heterocycles. The number of aryl methyl sites for hydroxylation is 1. The van der Waals surface area contributed by atoms with Crippen LogP contribution in [0.15, 0.2) is 18.2 Å². The quantitative estimate of drug-likeness (QED) is 0.593. The fourth-order valence-corrected chi connectivity index (χ4v) is 3.20. The Morgan fingerprint density at radius 2 is 2.19 bits per heavy atom. The molecule has 26 heavy (non-hydrogen) atoms. The van der Waals surface area contributed by atoms with Crippen LogP contribution in [0.4, 0.5) is 0 Å². The van der Waals surface area contributed by atoms with Gasteiger partial charge in [0.05, 0.1) is 24.9 Å². The molecule has 0 bridgehead atoms. The Morgan fingerprint density at radius 3 is 2.92 bits per heavy atom. The Balaban J connectivity index is 1.86. The summed E-state index contributed by atoms with van der Waals surface area (Å²) in [5.74, 6) is 0.623. The SMILES string of the molecule is CCCCCc1ccc(OCC)c(C(=O)NCCCC2CNCCO2)c1. The fraction of sp³-hybridized carbons (Fsp3) is 0.667. The number of hydrogen-bond acceptors (Lipinski definition) is 4. The summed E-state index contributed by atoms with van der Waals surface area (Å²) in [6.45, 7) is 7.97. The van der Waals surface area contributed by atoms with Crippen LogP contribution in [0.25, 0.3) is 0 Å². The van der Waals surface area contributed by atoms with Crippen LogP contribution < -0.4 is 15.4 Å². The zero-order valence-electron chi connectivity index (χ0n) is 16.3. The van der Waals surface area contributed by atoms with E-state index in [1.165, 1.54) is 18.4 Å². The molecule has 1 fully saturated rings. The second-order valence-corrected chi connectivity index (χ2v) is 6.82. The van der Waals surface area contributed by atoms with Gasteiger partial charge in [-0.15, -0.1) is 0 Å². The number of rotatable bonds is 11. The molecule has 1 saturated heterocycles. The molecular weight excluding hydrogens is 328 g/mol. The zero-order chi connectivity index (χ0) is 18.6. The lowest BCUT2D eigenvalue weighted by atomic mass is 10.0. The van der Waals surface area contributed by atoms with E-state index in [1.54, 1.807) is 0 Å². The number of benzene rings is 1. The number of nitrogens with one attached hydrogen (secondary N) is 2. The van der Waals surface area contributed by atoms with Crippen molar-refractivity contribution in [3.63, 3.8) is 0 Å². The number of amides is 1. The van der Waals surface area contributed by atoms with Crippen LogP contribution in [-0.4, -0.2) is 44.9 Å². The van der Waals surface area contributed by atoms with Gasteiger partial charge in [-0.25, -0.2) is 0 Å². The largest absolute Gasteiger partial charge is 0.493 e. The molecule has 1 atom stereocenters. The molecule has 2 rings (SSSR count). The first-order valence-corrected chi connectivity index (χ1v) is 10.1. The summed E-state index contributed by atoms with van der Waals surface area (Å²) in [5.41, 5.74) is 1.85. The van der Waals surface area contributed by atoms with E-state index in [9.17, 15) is 4.79 Å². The highest BCUT2D eigenvalue weighted by atomic mass is 16.5. The van der Waals surface area contributed by atoms with Crippen molar-refractivity contribution in [2.45, 2.75) is 58.5 Å². The molecule has 5 heteroatoms. The molecule has 146 valence electrons. The summed E-state index contributed by atoms with van der Waals surface area (Å²) in [4.78, 5) is 12.6. The minimum atomic E-state index is -0.0477. The van der Waals surface area contributed by atoms with Crippen LogP contribution in [0, 0.1) is 0 Å². The summed E-state index contributed by atoms with van der Waals surface area (Å²) in [6.07, 6.45) is 6.72. The van der Waals surface area contributed by atoms with Crippen molar-refractivity contribution >= 4 is 5.91 Å². The first-order valence-electron chi connectivity index (χ1n) is 10.1. The molecule has 2 N–H and O–H groups in total. The van der Waals surface area contributed by atoms with Crippen molar-refractivity contribution in [3.05, 3.63) is 29.3 Å². The van der Waals surface area contributed by atoms with E-state index in [1.807, 2.05) is 19.1 Å². The Hall–Kier alpha value is -1.59. The molecule has 5 nitrogen and oxygen atoms in total. The van der Waals surface area contributed by atoms with E-state index in [0.29, 0.717) is 24.5 Å². The van der Waals surface area contributed by atoms with Crippen LogP contribution in [0.2, 0.25) is 0 Å². The van der Waals surface area contributed by atoms with Gasteiger partial charge in [0.1, 0.15) is 5.75 Å². The van der Waals surface area contributed by atoms with Crippen molar-refractivity contribution in [1.82, 2.24) is 10.6 Å². The Kier molecular flexibility index (Phi) is 9.50. The van der Waals surface area contributed by atoms with Crippen molar-refractivity contribution in [1.29, 1.82) is 0 Å². The fourth-order valence-electron chi connectivity index (χ4n) is 3.20. The van der Waals surface area contributed by atoms with Gasteiger partial charge in [0.25, 0.3) is 5.91 Å². The molecule has 1 unspecified atom stereocenters. The second kappa shape index (κ2) is 11.9. The minimum Gasteiger partial charge on any atom is -0.493 e. The molecule has 0 saturated carbocycles.